The summed E-state index contributed by atoms with van der Waals surface area (Å²) in [5.74, 6) is -1.91. The van der Waals surface area contributed by atoms with Gasteiger partial charge in [-0.25, -0.2) is 0 Å². The van der Waals surface area contributed by atoms with Gasteiger partial charge in [-0.2, -0.15) is 0 Å². The standard InChI is InChI=1S/C18H15N3O4/c22-17(15-10-16(25-21-15)13-6-8-19-9-7-13)20-11-14(18(23)24)12-4-2-1-3-5-12/h1-10,14H,11H2,(H,20,22)(H,23,24). The molecule has 1 amide bonds. The smallest absolute Gasteiger partial charge is 0.312 e. The van der Waals surface area contributed by atoms with E-state index in [2.05, 4.69) is 15.5 Å². The van der Waals surface area contributed by atoms with Crippen molar-refractivity contribution in [2.75, 3.05) is 6.54 Å². The van der Waals surface area contributed by atoms with Crippen molar-refractivity contribution in [1.82, 2.24) is 15.5 Å². The fourth-order valence-corrected chi connectivity index (χ4v) is 2.35. The molecule has 1 atom stereocenters. The highest BCUT2D eigenvalue weighted by molar-refractivity contribution is 5.93. The highest BCUT2D eigenvalue weighted by Crippen LogP contribution is 2.19. The number of nitrogens with zero attached hydrogens (tertiary/aromatic N) is 2. The minimum absolute atomic E-state index is 0.0460. The van der Waals surface area contributed by atoms with Crippen LogP contribution in [-0.2, 0) is 4.79 Å². The number of carboxylic acids is 1. The van der Waals surface area contributed by atoms with Crippen LogP contribution in [0, 0.1) is 0 Å². The Balaban J connectivity index is 1.68. The molecule has 0 aliphatic heterocycles. The maximum Gasteiger partial charge on any atom is 0.312 e. The minimum Gasteiger partial charge on any atom is -0.481 e. The number of carboxylic acid groups (broad SMARTS) is 1. The number of aliphatic carboxylic acids is 1. The van der Waals surface area contributed by atoms with Gasteiger partial charge in [0.05, 0.1) is 5.92 Å². The average molecular weight is 337 g/mol. The Hall–Kier alpha value is -3.48. The van der Waals surface area contributed by atoms with Crippen LogP contribution in [0.3, 0.4) is 0 Å². The first-order valence-electron chi connectivity index (χ1n) is 7.58. The lowest BCUT2D eigenvalue weighted by Crippen LogP contribution is -2.31. The number of carbonyl (C=O) groups is 2. The molecule has 3 rings (SSSR count). The predicted octanol–water partition coefficient (Wildman–Crippen LogP) is 2.33. The van der Waals surface area contributed by atoms with Crippen molar-refractivity contribution < 1.29 is 19.2 Å². The minimum atomic E-state index is -1.01. The zero-order valence-corrected chi connectivity index (χ0v) is 13.1. The summed E-state index contributed by atoms with van der Waals surface area (Å²) in [4.78, 5) is 27.6. The van der Waals surface area contributed by atoms with Crippen LogP contribution in [0.4, 0.5) is 0 Å². The third-order valence-corrected chi connectivity index (χ3v) is 3.67. The number of rotatable bonds is 6. The second-order valence-electron chi connectivity index (χ2n) is 5.32. The van der Waals surface area contributed by atoms with Gasteiger partial charge in [0.1, 0.15) is 0 Å². The molecule has 0 saturated heterocycles. The van der Waals surface area contributed by atoms with Crippen molar-refractivity contribution in [3.05, 3.63) is 72.2 Å². The van der Waals surface area contributed by atoms with Gasteiger partial charge in [-0.3, -0.25) is 14.6 Å². The van der Waals surface area contributed by atoms with E-state index < -0.39 is 17.8 Å². The van der Waals surface area contributed by atoms with Gasteiger partial charge in [-0.1, -0.05) is 35.5 Å². The molecule has 7 nitrogen and oxygen atoms in total. The first kappa shape index (κ1) is 16.4. The van der Waals surface area contributed by atoms with Gasteiger partial charge >= 0.3 is 5.97 Å². The molecule has 0 aliphatic carbocycles. The van der Waals surface area contributed by atoms with Crippen molar-refractivity contribution in [3.8, 4) is 11.3 Å². The molecule has 2 heterocycles. The van der Waals surface area contributed by atoms with E-state index in [1.54, 1.807) is 54.9 Å². The third kappa shape index (κ3) is 3.89. The quantitative estimate of drug-likeness (QED) is 0.715. The number of hydrogen-bond acceptors (Lipinski definition) is 5. The number of pyridine rings is 1. The zero-order valence-electron chi connectivity index (χ0n) is 13.1. The fraction of sp³-hybridized carbons (Fsp3) is 0.111. The molecule has 0 radical (unpaired) electrons. The molecule has 2 N–H and O–H groups in total. The first-order valence-corrected chi connectivity index (χ1v) is 7.58. The lowest BCUT2D eigenvalue weighted by atomic mass is 9.99. The highest BCUT2D eigenvalue weighted by atomic mass is 16.5. The molecule has 0 fully saturated rings. The lowest BCUT2D eigenvalue weighted by molar-refractivity contribution is -0.138. The van der Waals surface area contributed by atoms with E-state index in [0.717, 1.165) is 5.56 Å². The summed E-state index contributed by atoms with van der Waals surface area (Å²) in [6, 6.07) is 13.7. The Labute approximate surface area is 143 Å². The van der Waals surface area contributed by atoms with Crippen LogP contribution in [0.1, 0.15) is 22.0 Å². The van der Waals surface area contributed by atoms with E-state index in [4.69, 9.17) is 4.52 Å². The van der Waals surface area contributed by atoms with E-state index >= 15 is 0 Å². The van der Waals surface area contributed by atoms with Crippen molar-refractivity contribution >= 4 is 11.9 Å². The number of carbonyl (C=O) groups excluding carboxylic acids is 1. The zero-order chi connectivity index (χ0) is 17.6. The highest BCUT2D eigenvalue weighted by Gasteiger charge is 2.22. The van der Waals surface area contributed by atoms with Crippen LogP contribution >= 0.6 is 0 Å². The molecule has 0 aliphatic rings. The van der Waals surface area contributed by atoms with Gasteiger partial charge in [0.25, 0.3) is 5.91 Å². The van der Waals surface area contributed by atoms with E-state index in [0.29, 0.717) is 11.3 Å². The molecule has 7 heteroatoms. The molecule has 2 aromatic heterocycles. The van der Waals surface area contributed by atoms with Gasteiger partial charge in [0.2, 0.25) is 0 Å². The number of benzene rings is 1. The molecule has 1 aromatic carbocycles. The Morgan fingerprint density at radius 2 is 1.84 bits per heavy atom. The van der Waals surface area contributed by atoms with Crippen LogP contribution in [0.25, 0.3) is 11.3 Å². The summed E-state index contributed by atoms with van der Waals surface area (Å²) in [6.45, 7) is -0.0460. The molecule has 1 unspecified atom stereocenters. The summed E-state index contributed by atoms with van der Waals surface area (Å²) in [7, 11) is 0. The van der Waals surface area contributed by atoms with E-state index in [1.807, 2.05) is 0 Å². The second-order valence-corrected chi connectivity index (χ2v) is 5.32. The SMILES string of the molecule is O=C(NCC(C(=O)O)c1ccccc1)c1cc(-c2ccncc2)on1. The van der Waals surface area contributed by atoms with Crippen molar-refractivity contribution in [1.29, 1.82) is 0 Å². The topological polar surface area (TPSA) is 105 Å². The van der Waals surface area contributed by atoms with Crippen LogP contribution in [0.5, 0.6) is 0 Å². The van der Waals surface area contributed by atoms with Gasteiger partial charge in [0, 0.05) is 30.6 Å². The largest absolute Gasteiger partial charge is 0.481 e. The van der Waals surface area contributed by atoms with Crippen LogP contribution in [0.2, 0.25) is 0 Å². The molecule has 0 bridgehead atoms. The molecule has 3 aromatic rings. The Kier molecular flexibility index (Phi) is 4.84. The number of amides is 1. The Morgan fingerprint density at radius 1 is 1.12 bits per heavy atom. The Bertz CT molecular complexity index is 862. The van der Waals surface area contributed by atoms with Gasteiger partial charge in [-0.15, -0.1) is 0 Å². The van der Waals surface area contributed by atoms with Crippen LogP contribution in [0.15, 0.2) is 65.4 Å². The summed E-state index contributed by atoms with van der Waals surface area (Å²) in [5.41, 5.74) is 1.45. The maximum atomic E-state index is 12.2. The summed E-state index contributed by atoms with van der Waals surface area (Å²) in [6.07, 6.45) is 3.21. The maximum absolute atomic E-state index is 12.2. The summed E-state index contributed by atoms with van der Waals surface area (Å²) in [5, 5.41) is 15.7. The molecule has 25 heavy (non-hydrogen) atoms. The normalized spacial score (nSPS) is 11.7. The van der Waals surface area contributed by atoms with Gasteiger partial charge < -0.3 is 14.9 Å². The molecule has 126 valence electrons. The van der Waals surface area contributed by atoms with E-state index in [-0.39, 0.29) is 12.2 Å². The third-order valence-electron chi connectivity index (χ3n) is 3.67. The number of hydrogen-bond donors (Lipinski definition) is 2. The Morgan fingerprint density at radius 3 is 2.52 bits per heavy atom. The monoisotopic (exact) mass is 337 g/mol. The molecular weight excluding hydrogens is 322 g/mol. The molecule has 0 spiro atoms. The second kappa shape index (κ2) is 7.39. The van der Waals surface area contributed by atoms with Gasteiger partial charge in [0.15, 0.2) is 11.5 Å². The number of nitrogens with one attached hydrogen (secondary N) is 1. The average Bonchev–Trinajstić information content (AvgIpc) is 3.13. The van der Waals surface area contributed by atoms with Crippen LogP contribution < -0.4 is 5.32 Å². The van der Waals surface area contributed by atoms with E-state index in [9.17, 15) is 14.7 Å². The van der Waals surface area contributed by atoms with Gasteiger partial charge in [-0.05, 0) is 17.7 Å². The fourth-order valence-electron chi connectivity index (χ4n) is 2.35. The molecular formula is C18H15N3O4. The molecule has 0 saturated carbocycles. The predicted molar refractivity (Wildman–Crippen MR) is 88.9 cm³/mol. The van der Waals surface area contributed by atoms with E-state index in [1.165, 1.54) is 6.07 Å². The van der Waals surface area contributed by atoms with Crippen molar-refractivity contribution in [3.63, 3.8) is 0 Å². The first-order chi connectivity index (χ1) is 12.1. The lowest BCUT2D eigenvalue weighted by Gasteiger charge is -2.13. The van der Waals surface area contributed by atoms with Crippen molar-refractivity contribution in [2.45, 2.75) is 5.92 Å². The van der Waals surface area contributed by atoms with Crippen LogP contribution in [-0.4, -0.2) is 33.7 Å². The summed E-state index contributed by atoms with van der Waals surface area (Å²) >= 11 is 0. The number of aromatic nitrogens is 2. The summed E-state index contributed by atoms with van der Waals surface area (Å²) < 4.78 is 5.16. The van der Waals surface area contributed by atoms with Crippen molar-refractivity contribution in [2.24, 2.45) is 0 Å².